The van der Waals surface area contributed by atoms with E-state index in [9.17, 15) is 9.90 Å². The number of aromatic nitrogens is 1. The highest BCUT2D eigenvalue weighted by Crippen LogP contribution is 2.27. The van der Waals surface area contributed by atoms with Gasteiger partial charge in [0.25, 0.3) is 0 Å². The van der Waals surface area contributed by atoms with Crippen LogP contribution in [0, 0.1) is 0 Å². The minimum atomic E-state index is -1.02. The first kappa shape index (κ1) is 12.6. The number of aromatic carboxylic acids is 1. The number of hydrogen-bond acceptors (Lipinski definition) is 3. The normalized spacial score (nSPS) is 10.6. The lowest BCUT2D eigenvalue weighted by Crippen LogP contribution is -2.01. The lowest BCUT2D eigenvalue weighted by molar-refractivity contribution is 0.0695. The molecule has 2 rings (SSSR count). The molecule has 0 fully saturated rings. The van der Waals surface area contributed by atoms with Crippen molar-refractivity contribution in [2.24, 2.45) is 0 Å². The molecule has 0 spiro atoms. The predicted octanol–water partition coefficient (Wildman–Crippen LogP) is 3.65. The first-order valence-corrected chi connectivity index (χ1v) is 5.99. The molecule has 2 aromatic rings. The molecule has 1 N–H and O–H groups in total. The van der Waals surface area contributed by atoms with E-state index in [1.165, 1.54) is 0 Å². The molecule has 1 aromatic heterocycles. The molecule has 18 heavy (non-hydrogen) atoms. The van der Waals surface area contributed by atoms with Crippen LogP contribution in [0.3, 0.4) is 0 Å². The summed E-state index contributed by atoms with van der Waals surface area (Å²) in [6, 6.07) is 6.83. The Morgan fingerprint density at radius 3 is 2.61 bits per heavy atom. The van der Waals surface area contributed by atoms with E-state index in [1.807, 2.05) is 6.92 Å². The van der Waals surface area contributed by atoms with Crippen LogP contribution in [0.5, 0.6) is 0 Å². The van der Waals surface area contributed by atoms with Crippen LogP contribution in [-0.2, 0) is 6.42 Å². The number of carbonyl (C=O) groups is 1. The maximum Gasteiger partial charge on any atom is 0.341 e. The fourth-order valence-corrected chi connectivity index (χ4v) is 1.87. The summed E-state index contributed by atoms with van der Waals surface area (Å²) in [5.74, 6) is -0.611. The average molecular weight is 266 g/mol. The Hall–Kier alpha value is -1.81. The van der Waals surface area contributed by atoms with Crippen LogP contribution >= 0.6 is 11.6 Å². The van der Waals surface area contributed by atoms with E-state index >= 15 is 0 Å². The summed E-state index contributed by atoms with van der Waals surface area (Å²) in [7, 11) is 0. The summed E-state index contributed by atoms with van der Waals surface area (Å²) >= 11 is 5.80. The van der Waals surface area contributed by atoms with Crippen molar-refractivity contribution in [3.8, 4) is 11.3 Å². The zero-order valence-electron chi connectivity index (χ0n) is 9.81. The smallest absolute Gasteiger partial charge is 0.341 e. The van der Waals surface area contributed by atoms with Crippen LogP contribution in [0.1, 0.15) is 29.5 Å². The summed E-state index contributed by atoms with van der Waals surface area (Å²) in [6.45, 7) is 1.95. The number of rotatable bonds is 4. The van der Waals surface area contributed by atoms with Crippen molar-refractivity contribution >= 4 is 17.6 Å². The molecular formula is C13H12ClNO3. The topological polar surface area (TPSA) is 63.3 Å². The molecule has 0 unspecified atom stereocenters. The summed E-state index contributed by atoms with van der Waals surface area (Å²) < 4.78 is 5.12. The molecule has 0 saturated carbocycles. The summed E-state index contributed by atoms with van der Waals surface area (Å²) in [5.41, 5.74) is 1.17. The Kier molecular flexibility index (Phi) is 3.67. The first-order valence-electron chi connectivity index (χ1n) is 5.61. The lowest BCUT2D eigenvalue weighted by atomic mass is 10.0. The van der Waals surface area contributed by atoms with Gasteiger partial charge in [-0.2, -0.15) is 0 Å². The van der Waals surface area contributed by atoms with Gasteiger partial charge in [0.1, 0.15) is 11.3 Å². The predicted molar refractivity (Wildman–Crippen MR) is 67.9 cm³/mol. The van der Waals surface area contributed by atoms with Crippen molar-refractivity contribution in [2.45, 2.75) is 19.8 Å². The molecule has 0 amide bonds. The van der Waals surface area contributed by atoms with Gasteiger partial charge >= 0.3 is 5.97 Å². The maximum absolute atomic E-state index is 11.3. The standard InChI is InChI=1S/C13H12ClNO3/c1-2-3-10-11(13(16)17)12(15-18-10)8-4-6-9(14)7-5-8/h4-7H,2-3H2,1H3,(H,16,17). The summed E-state index contributed by atoms with van der Waals surface area (Å²) in [4.78, 5) is 11.3. The van der Waals surface area contributed by atoms with Crippen LogP contribution in [0.25, 0.3) is 11.3 Å². The Morgan fingerprint density at radius 2 is 2.06 bits per heavy atom. The highest BCUT2D eigenvalue weighted by molar-refractivity contribution is 6.30. The van der Waals surface area contributed by atoms with E-state index in [0.29, 0.717) is 28.5 Å². The zero-order valence-corrected chi connectivity index (χ0v) is 10.6. The van der Waals surface area contributed by atoms with Gasteiger partial charge < -0.3 is 9.63 Å². The number of carboxylic acids is 1. The number of aryl methyl sites for hydroxylation is 1. The van der Waals surface area contributed by atoms with E-state index in [-0.39, 0.29) is 5.56 Å². The van der Waals surface area contributed by atoms with Crippen LogP contribution in [0.4, 0.5) is 0 Å². The quantitative estimate of drug-likeness (QED) is 0.916. The van der Waals surface area contributed by atoms with Crippen molar-refractivity contribution in [1.82, 2.24) is 5.16 Å². The number of nitrogens with zero attached hydrogens (tertiary/aromatic N) is 1. The second-order valence-electron chi connectivity index (χ2n) is 3.89. The molecule has 4 nitrogen and oxygen atoms in total. The highest BCUT2D eigenvalue weighted by Gasteiger charge is 2.22. The zero-order chi connectivity index (χ0) is 13.1. The Bertz CT molecular complexity index is 560. The van der Waals surface area contributed by atoms with Gasteiger partial charge in [-0.3, -0.25) is 0 Å². The molecular weight excluding hydrogens is 254 g/mol. The van der Waals surface area contributed by atoms with Gasteiger partial charge in [0.2, 0.25) is 0 Å². The third kappa shape index (κ3) is 2.38. The second kappa shape index (κ2) is 5.23. The van der Waals surface area contributed by atoms with Crippen molar-refractivity contribution in [1.29, 1.82) is 0 Å². The van der Waals surface area contributed by atoms with Gasteiger partial charge in [-0.1, -0.05) is 35.8 Å². The molecule has 0 aliphatic rings. The highest BCUT2D eigenvalue weighted by atomic mass is 35.5. The molecule has 0 bridgehead atoms. The lowest BCUT2D eigenvalue weighted by Gasteiger charge is -1.99. The third-order valence-corrected chi connectivity index (χ3v) is 2.82. The van der Waals surface area contributed by atoms with E-state index in [2.05, 4.69) is 5.16 Å². The SMILES string of the molecule is CCCc1onc(-c2ccc(Cl)cc2)c1C(=O)O. The molecule has 94 valence electrons. The Balaban J connectivity index is 2.50. The molecule has 1 heterocycles. The molecule has 0 atom stereocenters. The van der Waals surface area contributed by atoms with Crippen molar-refractivity contribution in [3.05, 3.63) is 40.6 Å². The number of benzene rings is 1. The minimum Gasteiger partial charge on any atom is -0.477 e. The van der Waals surface area contributed by atoms with E-state index in [1.54, 1.807) is 24.3 Å². The Morgan fingerprint density at radius 1 is 1.39 bits per heavy atom. The first-order chi connectivity index (χ1) is 8.63. The van der Waals surface area contributed by atoms with E-state index < -0.39 is 5.97 Å². The van der Waals surface area contributed by atoms with Gasteiger partial charge in [-0.15, -0.1) is 0 Å². The minimum absolute atomic E-state index is 0.138. The number of hydrogen-bond donors (Lipinski definition) is 1. The molecule has 1 aromatic carbocycles. The van der Waals surface area contributed by atoms with Crippen LogP contribution < -0.4 is 0 Å². The maximum atomic E-state index is 11.3. The van der Waals surface area contributed by atoms with Crippen LogP contribution in [0.15, 0.2) is 28.8 Å². The van der Waals surface area contributed by atoms with E-state index in [0.717, 1.165) is 6.42 Å². The monoisotopic (exact) mass is 265 g/mol. The van der Waals surface area contributed by atoms with Crippen molar-refractivity contribution < 1.29 is 14.4 Å². The molecule has 0 saturated heterocycles. The molecule has 0 radical (unpaired) electrons. The summed E-state index contributed by atoms with van der Waals surface area (Å²) in [6.07, 6.45) is 1.36. The Labute approximate surface area is 109 Å². The third-order valence-electron chi connectivity index (χ3n) is 2.57. The number of carboxylic acid groups (broad SMARTS) is 1. The van der Waals surface area contributed by atoms with E-state index in [4.69, 9.17) is 16.1 Å². The largest absolute Gasteiger partial charge is 0.477 e. The van der Waals surface area contributed by atoms with Crippen LogP contribution in [0.2, 0.25) is 5.02 Å². The van der Waals surface area contributed by atoms with Gasteiger partial charge in [0, 0.05) is 17.0 Å². The fourth-order valence-electron chi connectivity index (χ4n) is 1.75. The van der Waals surface area contributed by atoms with Gasteiger partial charge in [-0.25, -0.2) is 4.79 Å². The molecule has 0 aliphatic carbocycles. The van der Waals surface area contributed by atoms with Crippen molar-refractivity contribution in [2.75, 3.05) is 0 Å². The second-order valence-corrected chi connectivity index (χ2v) is 4.33. The van der Waals surface area contributed by atoms with Crippen molar-refractivity contribution in [3.63, 3.8) is 0 Å². The summed E-state index contributed by atoms with van der Waals surface area (Å²) in [5, 5.41) is 13.7. The fraction of sp³-hybridized carbons (Fsp3) is 0.231. The molecule has 5 heteroatoms. The van der Waals surface area contributed by atoms with Gasteiger partial charge in [0.15, 0.2) is 5.76 Å². The number of halogens is 1. The van der Waals surface area contributed by atoms with Gasteiger partial charge in [-0.05, 0) is 18.6 Å². The van der Waals surface area contributed by atoms with Crippen LogP contribution in [-0.4, -0.2) is 16.2 Å². The average Bonchev–Trinajstić information content (AvgIpc) is 2.74. The van der Waals surface area contributed by atoms with Gasteiger partial charge in [0.05, 0.1) is 0 Å². The molecule has 0 aliphatic heterocycles.